The van der Waals surface area contributed by atoms with Gasteiger partial charge in [0.05, 0.1) is 11.8 Å². The number of nitrogens with one attached hydrogen (secondary N) is 2. The zero-order valence-corrected chi connectivity index (χ0v) is 12.7. The number of rotatable bonds is 0. The van der Waals surface area contributed by atoms with Crippen molar-refractivity contribution in [3.05, 3.63) is 70.8 Å². The van der Waals surface area contributed by atoms with Crippen LogP contribution in [0.1, 0.15) is 35.1 Å². The molecule has 1 saturated heterocycles. The van der Waals surface area contributed by atoms with Crippen LogP contribution >= 0.6 is 0 Å². The van der Waals surface area contributed by atoms with Gasteiger partial charge in [-0.2, -0.15) is 0 Å². The Morgan fingerprint density at radius 1 is 0.826 bits per heavy atom. The zero-order chi connectivity index (χ0) is 15.8. The maximum Gasteiger partial charge on any atom is 0.243 e. The van der Waals surface area contributed by atoms with Gasteiger partial charge in [0.1, 0.15) is 0 Å². The third-order valence-electron chi connectivity index (χ3n) is 5.95. The molecule has 2 amide bonds. The summed E-state index contributed by atoms with van der Waals surface area (Å²) in [7, 11) is 0. The molecular formula is C19H16N2O2. The molecule has 4 aliphatic rings. The fourth-order valence-electron chi connectivity index (χ4n) is 5.08. The van der Waals surface area contributed by atoms with E-state index in [1.807, 2.05) is 24.3 Å². The zero-order valence-electron chi connectivity index (χ0n) is 12.7. The standard InChI is InChI=1S/C19H16N2O2/c1-19-12-8-4-2-6-10(12)14(11-7-3-5-9-13(11)19)15-16(19)18(23)21-20-17(15)22/h2-9,14-16H,1H3,(H,20,22)(H,21,23)/t14?,15-,16+,19?/m1/s1. The SMILES string of the molecule is CC12c3ccccc3C(c3ccccc31)[C@H]1C(=O)NNC(=O)[C@H]12. The number of benzene rings is 2. The van der Waals surface area contributed by atoms with Crippen LogP contribution in [0.15, 0.2) is 48.5 Å². The Kier molecular flexibility index (Phi) is 2.25. The molecular weight excluding hydrogens is 288 g/mol. The minimum atomic E-state index is -0.478. The lowest BCUT2D eigenvalue weighted by molar-refractivity contribution is -0.147. The Balaban J connectivity index is 1.92. The first-order valence-corrected chi connectivity index (χ1v) is 7.92. The van der Waals surface area contributed by atoms with Gasteiger partial charge in [0, 0.05) is 11.3 Å². The van der Waals surface area contributed by atoms with Crippen molar-refractivity contribution < 1.29 is 9.59 Å². The number of carbonyl (C=O) groups is 2. The molecule has 4 heteroatoms. The van der Waals surface area contributed by atoms with Gasteiger partial charge in [-0.3, -0.25) is 20.4 Å². The molecule has 1 heterocycles. The van der Waals surface area contributed by atoms with Crippen molar-refractivity contribution in [1.82, 2.24) is 10.9 Å². The fourth-order valence-corrected chi connectivity index (χ4v) is 5.08. The van der Waals surface area contributed by atoms with Gasteiger partial charge in [0.15, 0.2) is 0 Å². The average Bonchev–Trinajstić information content (AvgIpc) is 2.58. The monoisotopic (exact) mass is 304 g/mol. The summed E-state index contributed by atoms with van der Waals surface area (Å²) >= 11 is 0. The molecule has 2 aromatic carbocycles. The minimum absolute atomic E-state index is 0.0553. The highest BCUT2D eigenvalue weighted by Crippen LogP contribution is 2.61. The van der Waals surface area contributed by atoms with Gasteiger partial charge in [-0.15, -0.1) is 0 Å². The fraction of sp³-hybridized carbons (Fsp3) is 0.263. The van der Waals surface area contributed by atoms with E-state index in [1.54, 1.807) is 0 Å². The van der Waals surface area contributed by atoms with Gasteiger partial charge < -0.3 is 0 Å². The van der Waals surface area contributed by atoms with Crippen LogP contribution in [-0.4, -0.2) is 11.8 Å². The molecule has 4 nitrogen and oxygen atoms in total. The van der Waals surface area contributed by atoms with Crippen LogP contribution in [0.2, 0.25) is 0 Å². The van der Waals surface area contributed by atoms with Crippen molar-refractivity contribution in [2.24, 2.45) is 11.8 Å². The summed E-state index contributed by atoms with van der Waals surface area (Å²) in [6, 6.07) is 16.5. The Hall–Kier alpha value is -2.62. The third-order valence-corrected chi connectivity index (χ3v) is 5.95. The molecule has 6 rings (SSSR count). The van der Waals surface area contributed by atoms with Crippen molar-refractivity contribution >= 4 is 11.8 Å². The van der Waals surface area contributed by atoms with E-state index >= 15 is 0 Å². The van der Waals surface area contributed by atoms with Crippen LogP contribution in [0.25, 0.3) is 0 Å². The summed E-state index contributed by atoms with van der Waals surface area (Å²) in [6.07, 6.45) is 0. The Labute approximate surface area is 133 Å². The summed E-state index contributed by atoms with van der Waals surface area (Å²) in [4.78, 5) is 25.3. The summed E-state index contributed by atoms with van der Waals surface area (Å²) in [5.41, 5.74) is 9.35. The smallest absolute Gasteiger partial charge is 0.243 e. The molecule has 0 saturated carbocycles. The molecule has 2 N–H and O–H groups in total. The van der Waals surface area contributed by atoms with Gasteiger partial charge in [-0.1, -0.05) is 55.5 Å². The van der Waals surface area contributed by atoms with Gasteiger partial charge in [-0.25, -0.2) is 0 Å². The van der Waals surface area contributed by atoms with Crippen LogP contribution in [0.3, 0.4) is 0 Å². The van der Waals surface area contributed by atoms with Crippen molar-refractivity contribution in [3.63, 3.8) is 0 Å². The minimum Gasteiger partial charge on any atom is -0.273 e. The average molecular weight is 304 g/mol. The van der Waals surface area contributed by atoms with E-state index in [-0.39, 0.29) is 29.6 Å². The quantitative estimate of drug-likeness (QED) is 0.780. The van der Waals surface area contributed by atoms with Crippen LogP contribution in [0, 0.1) is 11.8 Å². The highest BCUT2D eigenvalue weighted by atomic mass is 16.2. The summed E-state index contributed by atoms with van der Waals surface area (Å²) in [5.74, 6) is -0.953. The second-order valence-corrected chi connectivity index (χ2v) is 6.84. The van der Waals surface area contributed by atoms with Crippen molar-refractivity contribution in [2.75, 3.05) is 0 Å². The van der Waals surface area contributed by atoms with Gasteiger partial charge in [0.2, 0.25) is 11.8 Å². The largest absolute Gasteiger partial charge is 0.273 e. The Bertz CT molecular complexity index is 826. The molecule has 1 aliphatic heterocycles. The van der Waals surface area contributed by atoms with Crippen LogP contribution in [0.4, 0.5) is 0 Å². The molecule has 23 heavy (non-hydrogen) atoms. The first-order chi connectivity index (χ1) is 11.1. The third kappa shape index (κ3) is 1.33. The molecule has 0 spiro atoms. The first kappa shape index (κ1) is 12.9. The van der Waals surface area contributed by atoms with E-state index in [4.69, 9.17) is 0 Å². The highest BCUT2D eigenvalue weighted by Gasteiger charge is 2.62. The van der Waals surface area contributed by atoms with Gasteiger partial charge >= 0.3 is 0 Å². The first-order valence-electron chi connectivity index (χ1n) is 7.92. The van der Waals surface area contributed by atoms with Crippen molar-refractivity contribution in [3.8, 4) is 0 Å². The Morgan fingerprint density at radius 3 is 1.96 bits per heavy atom. The molecule has 0 radical (unpaired) electrons. The second kappa shape index (κ2) is 4.02. The lowest BCUT2D eigenvalue weighted by atomic mass is 9.47. The molecule has 0 unspecified atom stereocenters. The predicted molar refractivity (Wildman–Crippen MR) is 84.4 cm³/mol. The maximum absolute atomic E-state index is 12.7. The number of amides is 2. The molecule has 2 aromatic rings. The number of carbonyl (C=O) groups excluding carboxylic acids is 2. The van der Waals surface area contributed by atoms with E-state index in [0.29, 0.717) is 0 Å². The normalized spacial score (nSPS) is 33.2. The van der Waals surface area contributed by atoms with Crippen molar-refractivity contribution in [1.29, 1.82) is 0 Å². The van der Waals surface area contributed by atoms with Crippen LogP contribution < -0.4 is 10.9 Å². The number of hydrogen-bond acceptors (Lipinski definition) is 2. The molecule has 0 aromatic heterocycles. The van der Waals surface area contributed by atoms with E-state index in [9.17, 15) is 9.59 Å². The molecule has 2 atom stereocenters. The number of hydrazine groups is 1. The number of hydrogen-bond donors (Lipinski definition) is 2. The molecule has 114 valence electrons. The summed E-state index contributed by atoms with van der Waals surface area (Å²) in [5, 5.41) is 0. The van der Waals surface area contributed by atoms with Gasteiger partial charge in [0.25, 0.3) is 0 Å². The van der Waals surface area contributed by atoms with E-state index in [0.717, 1.165) is 0 Å². The second-order valence-electron chi connectivity index (χ2n) is 6.84. The molecule has 2 bridgehead atoms. The topological polar surface area (TPSA) is 58.2 Å². The highest BCUT2D eigenvalue weighted by molar-refractivity contribution is 5.97. The maximum atomic E-state index is 12.7. The Morgan fingerprint density at radius 2 is 1.35 bits per heavy atom. The van der Waals surface area contributed by atoms with Crippen LogP contribution in [0.5, 0.6) is 0 Å². The summed E-state index contributed by atoms with van der Waals surface area (Å²) < 4.78 is 0. The lowest BCUT2D eigenvalue weighted by Crippen LogP contribution is -2.66. The van der Waals surface area contributed by atoms with E-state index in [1.165, 1.54) is 22.3 Å². The summed E-state index contributed by atoms with van der Waals surface area (Å²) in [6.45, 7) is 2.11. The van der Waals surface area contributed by atoms with Gasteiger partial charge in [-0.05, 0) is 22.3 Å². The van der Waals surface area contributed by atoms with Crippen LogP contribution in [-0.2, 0) is 15.0 Å². The molecule has 1 fully saturated rings. The van der Waals surface area contributed by atoms with E-state index in [2.05, 4.69) is 42.0 Å². The van der Waals surface area contributed by atoms with E-state index < -0.39 is 5.41 Å². The van der Waals surface area contributed by atoms with Crippen molar-refractivity contribution in [2.45, 2.75) is 18.3 Å². The lowest BCUT2D eigenvalue weighted by Gasteiger charge is -2.56. The molecule has 3 aliphatic carbocycles. The predicted octanol–water partition coefficient (Wildman–Crippen LogP) is 1.84.